The highest BCUT2D eigenvalue weighted by Gasteiger charge is 2.41. The van der Waals surface area contributed by atoms with E-state index in [0.717, 1.165) is 6.42 Å². The Morgan fingerprint density at radius 3 is 2.86 bits per heavy atom. The molecule has 3 amide bonds. The lowest BCUT2D eigenvalue weighted by Gasteiger charge is -2.40. The first-order valence-electron chi connectivity index (χ1n) is 9.99. The van der Waals surface area contributed by atoms with Gasteiger partial charge in [-0.3, -0.25) is 14.4 Å². The van der Waals surface area contributed by atoms with Crippen LogP contribution >= 0.6 is 11.6 Å². The Hall–Kier alpha value is -2.32. The minimum absolute atomic E-state index is 0.00176. The SMILES string of the molecule is O=C1N[C@]2(CCC(=O)N(CC(=O)N3CCC[C@@H](O)C3)CC2)Nc2ccc(Cl)cc21. The lowest BCUT2D eigenvalue weighted by Crippen LogP contribution is -2.58. The minimum Gasteiger partial charge on any atom is -0.391 e. The molecule has 0 saturated carbocycles. The number of hydrogen-bond acceptors (Lipinski definition) is 5. The summed E-state index contributed by atoms with van der Waals surface area (Å²) in [6.45, 7) is 1.29. The lowest BCUT2D eigenvalue weighted by molar-refractivity contribution is -0.141. The molecule has 9 heteroatoms. The molecule has 0 radical (unpaired) electrons. The average Bonchev–Trinajstić information content (AvgIpc) is 2.83. The fraction of sp³-hybridized carbons (Fsp3) is 0.550. The largest absolute Gasteiger partial charge is 0.391 e. The molecule has 3 aliphatic heterocycles. The van der Waals surface area contributed by atoms with Crippen LogP contribution in [0, 0.1) is 0 Å². The summed E-state index contributed by atoms with van der Waals surface area (Å²) in [4.78, 5) is 41.0. The minimum atomic E-state index is -0.729. The van der Waals surface area contributed by atoms with Gasteiger partial charge in [-0.15, -0.1) is 0 Å². The predicted octanol–water partition coefficient (Wildman–Crippen LogP) is 1.19. The molecule has 0 aliphatic carbocycles. The number of likely N-dealkylation sites (tertiary alicyclic amines) is 2. The van der Waals surface area contributed by atoms with Crippen molar-refractivity contribution in [3.05, 3.63) is 28.8 Å². The van der Waals surface area contributed by atoms with Gasteiger partial charge in [0.25, 0.3) is 5.91 Å². The number of hydrogen-bond donors (Lipinski definition) is 3. The van der Waals surface area contributed by atoms with Crippen molar-refractivity contribution in [3.63, 3.8) is 0 Å². The van der Waals surface area contributed by atoms with Crippen molar-refractivity contribution >= 4 is 35.0 Å². The molecule has 0 bridgehead atoms. The van der Waals surface area contributed by atoms with Gasteiger partial charge < -0.3 is 25.5 Å². The van der Waals surface area contributed by atoms with Gasteiger partial charge in [0.15, 0.2) is 0 Å². The number of anilines is 1. The van der Waals surface area contributed by atoms with Crippen LogP contribution in [0.4, 0.5) is 5.69 Å². The van der Waals surface area contributed by atoms with Crippen LogP contribution in [0.1, 0.15) is 42.5 Å². The third-order valence-electron chi connectivity index (χ3n) is 5.96. The van der Waals surface area contributed by atoms with E-state index < -0.39 is 11.8 Å². The molecule has 3 N–H and O–H groups in total. The van der Waals surface area contributed by atoms with Gasteiger partial charge in [-0.1, -0.05) is 11.6 Å². The predicted molar refractivity (Wildman–Crippen MR) is 108 cm³/mol. The number of aliphatic hydroxyl groups is 1. The van der Waals surface area contributed by atoms with Crippen molar-refractivity contribution in [1.82, 2.24) is 15.1 Å². The zero-order valence-electron chi connectivity index (χ0n) is 16.1. The molecule has 1 aromatic carbocycles. The summed E-state index contributed by atoms with van der Waals surface area (Å²) in [5.74, 6) is -0.472. The molecule has 2 fully saturated rings. The van der Waals surface area contributed by atoms with Crippen LogP contribution < -0.4 is 10.6 Å². The van der Waals surface area contributed by atoms with Gasteiger partial charge in [-0.25, -0.2) is 0 Å². The van der Waals surface area contributed by atoms with E-state index in [-0.39, 0.29) is 30.7 Å². The zero-order chi connectivity index (χ0) is 20.6. The Kier molecular flexibility index (Phi) is 5.40. The van der Waals surface area contributed by atoms with Crippen molar-refractivity contribution < 1.29 is 19.5 Å². The molecule has 2 saturated heterocycles. The highest BCUT2D eigenvalue weighted by molar-refractivity contribution is 6.31. The van der Waals surface area contributed by atoms with Crippen molar-refractivity contribution in [3.8, 4) is 0 Å². The molecule has 1 spiro atoms. The van der Waals surface area contributed by atoms with E-state index in [0.29, 0.717) is 55.2 Å². The first kappa shape index (κ1) is 20.0. The van der Waals surface area contributed by atoms with E-state index >= 15 is 0 Å². The van der Waals surface area contributed by atoms with E-state index in [4.69, 9.17) is 11.6 Å². The van der Waals surface area contributed by atoms with Crippen LogP contribution in [-0.4, -0.2) is 70.6 Å². The molecule has 3 aliphatic rings. The Balaban J connectivity index is 1.44. The summed E-state index contributed by atoms with van der Waals surface area (Å²) < 4.78 is 0. The second-order valence-electron chi connectivity index (χ2n) is 8.05. The average molecular weight is 421 g/mol. The highest BCUT2D eigenvalue weighted by Crippen LogP contribution is 2.33. The number of aliphatic hydroxyl groups excluding tert-OH is 1. The molecule has 2 atom stereocenters. The fourth-order valence-electron chi connectivity index (χ4n) is 4.30. The molecule has 29 heavy (non-hydrogen) atoms. The molecule has 3 heterocycles. The third-order valence-corrected chi connectivity index (χ3v) is 6.19. The number of halogens is 1. The van der Waals surface area contributed by atoms with Crippen LogP contribution in [0.15, 0.2) is 18.2 Å². The van der Waals surface area contributed by atoms with E-state index in [2.05, 4.69) is 10.6 Å². The highest BCUT2D eigenvalue weighted by atomic mass is 35.5. The maximum absolute atomic E-state index is 12.6. The van der Waals surface area contributed by atoms with Crippen LogP contribution in [0.25, 0.3) is 0 Å². The molecular formula is C20H25ClN4O4. The van der Waals surface area contributed by atoms with E-state index in [1.165, 1.54) is 0 Å². The second kappa shape index (κ2) is 7.84. The van der Waals surface area contributed by atoms with Gasteiger partial charge in [0, 0.05) is 43.2 Å². The Labute approximate surface area is 174 Å². The number of β-amino-alcohol motifs (C(OH)–C–C–N with tert-alkyl or cyclic N) is 1. The van der Waals surface area contributed by atoms with Gasteiger partial charge in [0.2, 0.25) is 11.8 Å². The topological polar surface area (TPSA) is 102 Å². The summed E-state index contributed by atoms with van der Waals surface area (Å²) in [5.41, 5.74) is 0.444. The number of rotatable bonds is 2. The molecular weight excluding hydrogens is 396 g/mol. The fourth-order valence-corrected chi connectivity index (χ4v) is 4.47. The molecule has 156 valence electrons. The molecule has 8 nitrogen and oxygen atoms in total. The normalized spacial score (nSPS) is 27.2. The quantitative estimate of drug-likeness (QED) is 0.667. The summed E-state index contributed by atoms with van der Waals surface area (Å²) in [6.07, 6.45) is 2.13. The molecule has 0 aromatic heterocycles. The Morgan fingerprint density at radius 2 is 2.07 bits per heavy atom. The number of nitrogens with zero attached hydrogens (tertiary/aromatic N) is 2. The van der Waals surface area contributed by atoms with Crippen molar-refractivity contribution in [2.24, 2.45) is 0 Å². The molecule has 0 unspecified atom stereocenters. The van der Waals surface area contributed by atoms with Crippen molar-refractivity contribution in [1.29, 1.82) is 0 Å². The van der Waals surface area contributed by atoms with Crippen LogP contribution in [0.3, 0.4) is 0 Å². The molecule has 4 rings (SSSR count). The zero-order valence-corrected chi connectivity index (χ0v) is 16.9. The van der Waals surface area contributed by atoms with E-state index in [1.54, 1.807) is 28.0 Å². The van der Waals surface area contributed by atoms with Crippen LogP contribution in [-0.2, 0) is 9.59 Å². The standard InChI is InChI=1S/C20H25ClN4O4/c21-13-3-4-16-15(10-13)19(29)23-20(22-16)6-5-17(27)25(9-7-20)12-18(28)24-8-1-2-14(26)11-24/h3-4,10,14,22,26H,1-2,5-9,11-12H2,(H,23,29)/t14-,20+/m1/s1. The van der Waals surface area contributed by atoms with Gasteiger partial charge in [-0.05, 0) is 37.5 Å². The first-order chi connectivity index (χ1) is 13.8. The number of piperidine rings is 1. The maximum atomic E-state index is 12.6. The summed E-state index contributed by atoms with van der Waals surface area (Å²) >= 11 is 5.99. The summed E-state index contributed by atoms with van der Waals surface area (Å²) in [6, 6.07) is 5.11. The lowest BCUT2D eigenvalue weighted by atomic mass is 9.95. The number of amides is 3. The second-order valence-corrected chi connectivity index (χ2v) is 8.49. The van der Waals surface area contributed by atoms with E-state index in [9.17, 15) is 19.5 Å². The van der Waals surface area contributed by atoms with Gasteiger partial charge in [0.05, 0.1) is 18.2 Å². The number of nitrogens with one attached hydrogen (secondary N) is 2. The van der Waals surface area contributed by atoms with Gasteiger partial charge in [-0.2, -0.15) is 0 Å². The number of benzene rings is 1. The smallest absolute Gasteiger partial charge is 0.255 e. The van der Waals surface area contributed by atoms with Crippen molar-refractivity contribution in [2.75, 3.05) is 31.5 Å². The van der Waals surface area contributed by atoms with Crippen LogP contribution in [0.2, 0.25) is 5.02 Å². The summed E-state index contributed by atoms with van der Waals surface area (Å²) in [7, 11) is 0. The number of carbonyl (C=O) groups is 3. The number of carbonyl (C=O) groups excluding carboxylic acids is 3. The van der Waals surface area contributed by atoms with Gasteiger partial charge in [0.1, 0.15) is 5.66 Å². The number of fused-ring (bicyclic) bond motifs is 1. The maximum Gasteiger partial charge on any atom is 0.255 e. The monoisotopic (exact) mass is 420 g/mol. The Bertz CT molecular complexity index is 848. The van der Waals surface area contributed by atoms with Crippen molar-refractivity contribution in [2.45, 2.75) is 43.9 Å². The van der Waals surface area contributed by atoms with Gasteiger partial charge >= 0.3 is 0 Å². The third kappa shape index (κ3) is 4.18. The first-order valence-corrected chi connectivity index (χ1v) is 10.4. The van der Waals surface area contributed by atoms with Crippen LogP contribution in [0.5, 0.6) is 0 Å². The van der Waals surface area contributed by atoms with E-state index in [1.807, 2.05) is 0 Å². The Morgan fingerprint density at radius 1 is 1.24 bits per heavy atom. The summed E-state index contributed by atoms with van der Waals surface area (Å²) in [5, 5.41) is 16.7. The molecule has 1 aromatic rings.